The van der Waals surface area contributed by atoms with Gasteiger partial charge in [-0.05, 0) is 25.5 Å². The number of hydrogen-bond acceptors (Lipinski definition) is 4. The van der Waals surface area contributed by atoms with E-state index in [4.69, 9.17) is 9.47 Å². The first-order chi connectivity index (χ1) is 9.69. The molecule has 2 N–H and O–H groups in total. The summed E-state index contributed by atoms with van der Waals surface area (Å²) in [5.41, 5.74) is 0.855. The fourth-order valence-corrected chi connectivity index (χ4v) is 1.88. The third-order valence-corrected chi connectivity index (χ3v) is 3.22. The van der Waals surface area contributed by atoms with Crippen LogP contribution in [0.4, 0.5) is 5.69 Å². The van der Waals surface area contributed by atoms with E-state index in [9.17, 15) is 4.79 Å². The fraction of sp³-hybridized carbons (Fsp3) is 0.533. The van der Waals surface area contributed by atoms with Crippen LogP contribution >= 0.6 is 0 Å². The predicted molar refractivity (Wildman–Crippen MR) is 78.4 cm³/mol. The van der Waals surface area contributed by atoms with Crippen LogP contribution in [-0.4, -0.2) is 31.7 Å². The Kier molecular flexibility index (Phi) is 5.09. The Morgan fingerprint density at radius 1 is 1.30 bits per heavy atom. The summed E-state index contributed by atoms with van der Waals surface area (Å²) in [4.78, 5) is 11.7. The van der Waals surface area contributed by atoms with Crippen molar-refractivity contribution in [1.82, 2.24) is 5.32 Å². The molecule has 1 atom stereocenters. The van der Waals surface area contributed by atoms with E-state index in [1.807, 2.05) is 32.0 Å². The molecule has 1 heterocycles. The maximum atomic E-state index is 11.7. The van der Waals surface area contributed by atoms with Crippen LogP contribution in [0.3, 0.4) is 0 Å². The SMILES string of the molecule is CCC(C)NC(=O)CNc1ccc2c(c1)OCCCO2. The maximum Gasteiger partial charge on any atom is 0.239 e. The van der Waals surface area contributed by atoms with Crippen molar-refractivity contribution < 1.29 is 14.3 Å². The normalized spacial score (nSPS) is 15.1. The number of rotatable bonds is 5. The van der Waals surface area contributed by atoms with Crippen molar-refractivity contribution in [3.8, 4) is 11.5 Å². The Labute approximate surface area is 119 Å². The Balaban J connectivity index is 1.90. The van der Waals surface area contributed by atoms with Gasteiger partial charge in [0.1, 0.15) is 0 Å². The van der Waals surface area contributed by atoms with Crippen molar-refractivity contribution in [1.29, 1.82) is 0 Å². The number of carbonyl (C=O) groups is 1. The molecular formula is C15H22N2O3. The molecule has 5 heteroatoms. The van der Waals surface area contributed by atoms with E-state index in [2.05, 4.69) is 10.6 Å². The molecule has 0 radical (unpaired) electrons. The summed E-state index contributed by atoms with van der Waals surface area (Å²) in [5.74, 6) is 1.48. The summed E-state index contributed by atoms with van der Waals surface area (Å²) in [6.07, 6.45) is 1.81. The fourth-order valence-electron chi connectivity index (χ4n) is 1.88. The molecule has 1 aromatic rings. The Hall–Kier alpha value is -1.91. The molecule has 1 aliphatic heterocycles. The highest BCUT2D eigenvalue weighted by atomic mass is 16.5. The minimum absolute atomic E-state index is 0.00791. The first-order valence-electron chi connectivity index (χ1n) is 7.12. The van der Waals surface area contributed by atoms with Gasteiger partial charge in [0.25, 0.3) is 0 Å². The maximum absolute atomic E-state index is 11.7. The van der Waals surface area contributed by atoms with Crippen LogP contribution in [0.2, 0.25) is 0 Å². The number of fused-ring (bicyclic) bond motifs is 1. The molecule has 0 aromatic heterocycles. The number of amides is 1. The number of anilines is 1. The number of nitrogens with one attached hydrogen (secondary N) is 2. The number of ether oxygens (including phenoxy) is 2. The number of hydrogen-bond donors (Lipinski definition) is 2. The quantitative estimate of drug-likeness (QED) is 0.866. The lowest BCUT2D eigenvalue weighted by molar-refractivity contribution is -0.120. The van der Waals surface area contributed by atoms with E-state index < -0.39 is 0 Å². The van der Waals surface area contributed by atoms with E-state index in [1.54, 1.807) is 0 Å². The topological polar surface area (TPSA) is 59.6 Å². The van der Waals surface area contributed by atoms with Gasteiger partial charge in [-0.15, -0.1) is 0 Å². The highest BCUT2D eigenvalue weighted by Gasteiger charge is 2.11. The molecule has 0 bridgehead atoms. The summed E-state index contributed by atoms with van der Waals surface area (Å²) < 4.78 is 11.2. The molecule has 0 saturated heterocycles. The van der Waals surface area contributed by atoms with Gasteiger partial charge in [-0.1, -0.05) is 6.92 Å². The molecular weight excluding hydrogens is 256 g/mol. The molecule has 110 valence electrons. The van der Waals surface area contributed by atoms with E-state index in [-0.39, 0.29) is 18.5 Å². The summed E-state index contributed by atoms with van der Waals surface area (Å²) >= 11 is 0. The molecule has 0 aliphatic carbocycles. The summed E-state index contributed by atoms with van der Waals surface area (Å²) in [6.45, 7) is 5.62. The zero-order valence-corrected chi connectivity index (χ0v) is 12.1. The van der Waals surface area contributed by atoms with Gasteiger partial charge in [-0.3, -0.25) is 4.79 Å². The molecule has 1 aliphatic rings. The van der Waals surface area contributed by atoms with Crippen LogP contribution in [0.15, 0.2) is 18.2 Å². The van der Waals surface area contributed by atoms with E-state index in [1.165, 1.54) is 0 Å². The van der Waals surface area contributed by atoms with Crippen LogP contribution in [0, 0.1) is 0 Å². The van der Waals surface area contributed by atoms with Crippen molar-refractivity contribution in [2.45, 2.75) is 32.7 Å². The average molecular weight is 278 g/mol. The minimum Gasteiger partial charge on any atom is -0.490 e. The van der Waals surface area contributed by atoms with Crippen molar-refractivity contribution in [3.63, 3.8) is 0 Å². The monoisotopic (exact) mass is 278 g/mol. The minimum atomic E-state index is -0.00791. The van der Waals surface area contributed by atoms with Crippen LogP contribution in [0.1, 0.15) is 26.7 Å². The third-order valence-electron chi connectivity index (χ3n) is 3.22. The number of carbonyl (C=O) groups excluding carboxylic acids is 1. The second kappa shape index (κ2) is 7.03. The lowest BCUT2D eigenvalue weighted by Gasteiger charge is -2.13. The first kappa shape index (κ1) is 14.5. The van der Waals surface area contributed by atoms with Crippen LogP contribution < -0.4 is 20.1 Å². The van der Waals surface area contributed by atoms with E-state index in [0.717, 1.165) is 30.0 Å². The smallest absolute Gasteiger partial charge is 0.239 e. The molecule has 0 saturated carbocycles. The molecule has 1 amide bonds. The zero-order chi connectivity index (χ0) is 14.4. The summed E-state index contributed by atoms with van der Waals surface area (Å²) in [7, 11) is 0. The van der Waals surface area contributed by atoms with E-state index >= 15 is 0 Å². The first-order valence-corrected chi connectivity index (χ1v) is 7.12. The Bertz CT molecular complexity index is 462. The van der Waals surface area contributed by atoms with Gasteiger partial charge in [0.05, 0.1) is 19.8 Å². The van der Waals surface area contributed by atoms with E-state index in [0.29, 0.717) is 13.2 Å². The Morgan fingerprint density at radius 2 is 2.05 bits per heavy atom. The largest absolute Gasteiger partial charge is 0.490 e. The van der Waals surface area contributed by atoms with Crippen LogP contribution in [0.5, 0.6) is 11.5 Å². The van der Waals surface area contributed by atoms with Crippen molar-refractivity contribution >= 4 is 11.6 Å². The second-order valence-corrected chi connectivity index (χ2v) is 4.94. The molecule has 0 fully saturated rings. The van der Waals surface area contributed by atoms with Gasteiger partial charge in [-0.25, -0.2) is 0 Å². The van der Waals surface area contributed by atoms with Crippen molar-refractivity contribution in [2.24, 2.45) is 0 Å². The van der Waals surface area contributed by atoms with Gasteiger partial charge >= 0.3 is 0 Å². The number of benzene rings is 1. The lowest BCUT2D eigenvalue weighted by Crippen LogP contribution is -2.36. The van der Waals surface area contributed by atoms with Crippen molar-refractivity contribution in [3.05, 3.63) is 18.2 Å². The van der Waals surface area contributed by atoms with Gasteiger partial charge in [0, 0.05) is 24.2 Å². The highest BCUT2D eigenvalue weighted by Crippen LogP contribution is 2.32. The Morgan fingerprint density at radius 3 is 2.80 bits per heavy atom. The van der Waals surface area contributed by atoms with Gasteiger partial charge in [0.2, 0.25) is 5.91 Å². The van der Waals surface area contributed by atoms with Gasteiger partial charge in [0.15, 0.2) is 11.5 Å². The third kappa shape index (κ3) is 4.05. The second-order valence-electron chi connectivity index (χ2n) is 4.94. The molecule has 2 rings (SSSR count). The molecule has 1 aromatic carbocycles. The highest BCUT2D eigenvalue weighted by molar-refractivity contribution is 5.81. The zero-order valence-electron chi connectivity index (χ0n) is 12.1. The van der Waals surface area contributed by atoms with Crippen LogP contribution in [-0.2, 0) is 4.79 Å². The molecule has 5 nitrogen and oxygen atoms in total. The lowest BCUT2D eigenvalue weighted by atomic mass is 10.2. The standard InChI is InChI=1S/C15H22N2O3/c1-3-11(2)17-15(18)10-16-12-5-6-13-14(9-12)20-8-4-7-19-13/h5-6,9,11,16H,3-4,7-8,10H2,1-2H3,(H,17,18). The molecule has 20 heavy (non-hydrogen) atoms. The summed E-state index contributed by atoms with van der Waals surface area (Å²) in [6, 6.07) is 5.84. The predicted octanol–water partition coefficient (Wildman–Crippen LogP) is 2.17. The summed E-state index contributed by atoms with van der Waals surface area (Å²) in [5, 5.41) is 6.01. The van der Waals surface area contributed by atoms with Gasteiger partial charge < -0.3 is 20.1 Å². The average Bonchev–Trinajstić information content (AvgIpc) is 2.69. The molecule has 0 spiro atoms. The van der Waals surface area contributed by atoms with Crippen LogP contribution in [0.25, 0.3) is 0 Å². The van der Waals surface area contributed by atoms with Gasteiger partial charge in [-0.2, -0.15) is 0 Å². The molecule has 1 unspecified atom stereocenters. The van der Waals surface area contributed by atoms with Crippen molar-refractivity contribution in [2.75, 3.05) is 25.1 Å².